The smallest absolute Gasteiger partial charge is 0.155 e. The van der Waals surface area contributed by atoms with E-state index in [0.29, 0.717) is 10.8 Å². The molecule has 2 bridgehead atoms. The number of ether oxygens (including phenoxy) is 2. The SMILES string of the molecule is CC1OCCC2(CC3CCC2(C)C3(C)C)O1. The summed E-state index contributed by atoms with van der Waals surface area (Å²) < 4.78 is 11.8. The molecule has 2 heteroatoms. The summed E-state index contributed by atoms with van der Waals surface area (Å²) >= 11 is 0. The zero-order valence-corrected chi connectivity index (χ0v) is 11.0. The topological polar surface area (TPSA) is 18.5 Å². The van der Waals surface area contributed by atoms with Gasteiger partial charge in [-0.1, -0.05) is 20.8 Å². The zero-order chi connectivity index (χ0) is 11.6. The summed E-state index contributed by atoms with van der Waals surface area (Å²) in [5.74, 6) is 0.850. The van der Waals surface area contributed by atoms with Gasteiger partial charge in [0.1, 0.15) is 0 Å². The lowest BCUT2D eigenvalue weighted by Gasteiger charge is -2.51. The molecule has 1 aliphatic heterocycles. The highest BCUT2D eigenvalue weighted by Crippen LogP contribution is 2.72. The van der Waals surface area contributed by atoms with Crippen LogP contribution < -0.4 is 0 Å². The largest absolute Gasteiger partial charge is 0.353 e. The quantitative estimate of drug-likeness (QED) is 0.628. The predicted molar refractivity (Wildman–Crippen MR) is 63.1 cm³/mol. The molecule has 16 heavy (non-hydrogen) atoms. The maximum atomic E-state index is 6.29. The van der Waals surface area contributed by atoms with Gasteiger partial charge in [-0.25, -0.2) is 0 Å². The summed E-state index contributed by atoms with van der Waals surface area (Å²) in [5, 5.41) is 0. The lowest BCUT2D eigenvalue weighted by Crippen LogP contribution is -2.54. The Morgan fingerprint density at radius 2 is 1.88 bits per heavy atom. The molecule has 0 N–H and O–H groups in total. The van der Waals surface area contributed by atoms with Crippen molar-refractivity contribution < 1.29 is 9.47 Å². The van der Waals surface area contributed by atoms with Gasteiger partial charge in [0.2, 0.25) is 0 Å². The fourth-order valence-electron chi connectivity index (χ4n) is 4.75. The first kappa shape index (κ1) is 11.0. The normalized spacial score (nSPS) is 54.8. The molecule has 3 rings (SSSR count). The van der Waals surface area contributed by atoms with Crippen molar-refractivity contribution in [3.8, 4) is 0 Å². The minimum atomic E-state index is -0.0132. The molecule has 92 valence electrons. The van der Waals surface area contributed by atoms with Gasteiger partial charge in [-0.2, -0.15) is 0 Å². The first-order chi connectivity index (χ1) is 7.41. The van der Waals surface area contributed by atoms with Crippen LogP contribution in [0, 0.1) is 16.7 Å². The van der Waals surface area contributed by atoms with Crippen LogP contribution in [0.3, 0.4) is 0 Å². The summed E-state index contributed by atoms with van der Waals surface area (Å²) in [5.41, 5.74) is 0.893. The van der Waals surface area contributed by atoms with Crippen molar-refractivity contribution in [2.75, 3.05) is 6.61 Å². The second-order valence-corrected chi connectivity index (χ2v) is 6.79. The molecule has 0 aromatic rings. The summed E-state index contributed by atoms with van der Waals surface area (Å²) in [4.78, 5) is 0. The summed E-state index contributed by atoms with van der Waals surface area (Å²) in [7, 11) is 0. The molecule has 1 spiro atoms. The van der Waals surface area contributed by atoms with E-state index in [2.05, 4.69) is 20.8 Å². The van der Waals surface area contributed by atoms with Crippen LogP contribution in [0.2, 0.25) is 0 Å². The number of hydrogen-bond donors (Lipinski definition) is 0. The summed E-state index contributed by atoms with van der Waals surface area (Å²) in [6.07, 6.45) is 5.06. The van der Waals surface area contributed by atoms with E-state index in [4.69, 9.17) is 9.47 Å². The van der Waals surface area contributed by atoms with Crippen LogP contribution in [0.4, 0.5) is 0 Å². The first-order valence-corrected chi connectivity index (χ1v) is 6.71. The van der Waals surface area contributed by atoms with E-state index in [9.17, 15) is 0 Å². The van der Waals surface area contributed by atoms with Gasteiger partial charge in [0.15, 0.2) is 6.29 Å². The Kier molecular flexibility index (Phi) is 2.09. The summed E-state index contributed by atoms with van der Waals surface area (Å²) in [6.45, 7) is 10.3. The molecule has 1 heterocycles. The van der Waals surface area contributed by atoms with Crippen molar-refractivity contribution in [3.05, 3.63) is 0 Å². The molecular weight excluding hydrogens is 200 g/mol. The van der Waals surface area contributed by atoms with Crippen molar-refractivity contribution >= 4 is 0 Å². The predicted octanol–water partition coefficient (Wildman–Crippen LogP) is 3.35. The molecule has 1 saturated heterocycles. The lowest BCUT2D eigenvalue weighted by atomic mass is 9.63. The average molecular weight is 224 g/mol. The summed E-state index contributed by atoms with van der Waals surface area (Å²) in [6, 6.07) is 0. The highest BCUT2D eigenvalue weighted by molar-refractivity contribution is 5.18. The molecule has 0 aromatic heterocycles. The van der Waals surface area contributed by atoms with Crippen molar-refractivity contribution in [3.63, 3.8) is 0 Å². The van der Waals surface area contributed by atoms with Crippen LogP contribution in [0.5, 0.6) is 0 Å². The maximum absolute atomic E-state index is 6.29. The van der Waals surface area contributed by atoms with Gasteiger partial charge in [-0.3, -0.25) is 0 Å². The number of fused-ring (bicyclic) bond motifs is 3. The molecule has 2 aliphatic carbocycles. The van der Waals surface area contributed by atoms with E-state index in [0.717, 1.165) is 18.9 Å². The Labute approximate surface area is 98.7 Å². The Morgan fingerprint density at radius 1 is 1.12 bits per heavy atom. The highest BCUT2D eigenvalue weighted by atomic mass is 16.7. The second kappa shape index (κ2) is 3.02. The molecule has 3 fully saturated rings. The van der Waals surface area contributed by atoms with Crippen molar-refractivity contribution in [2.45, 2.75) is 65.3 Å². The van der Waals surface area contributed by atoms with Crippen molar-refractivity contribution in [1.29, 1.82) is 0 Å². The Hall–Kier alpha value is -0.0800. The van der Waals surface area contributed by atoms with Crippen LogP contribution >= 0.6 is 0 Å². The molecule has 0 radical (unpaired) electrons. The van der Waals surface area contributed by atoms with E-state index < -0.39 is 0 Å². The van der Waals surface area contributed by atoms with Crippen molar-refractivity contribution in [2.24, 2.45) is 16.7 Å². The molecule has 0 amide bonds. The van der Waals surface area contributed by atoms with Gasteiger partial charge in [0.05, 0.1) is 12.2 Å². The van der Waals surface area contributed by atoms with Gasteiger partial charge in [-0.15, -0.1) is 0 Å². The van der Waals surface area contributed by atoms with E-state index in [1.54, 1.807) is 0 Å². The number of rotatable bonds is 0. The van der Waals surface area contributed by atoms with Gasteiger partial charge in [-0.05, 0) is 37.5 Å². The molecule has 2 saturated carbocycles. The molecule has 2 nitrogen and oxygen atoms in total. The molecule has 4 unspecified atom stereocenters. The number of hydrogen-bond acceptors (Lipinski definition) is 2. The Bertz CT molecular complexity index is 312. The zero-order valence-electron chi connectivity index (χ0n) is 11.0. The van der Waals surface area contributed by atoms with Crippen molar-refractivity contribution in [1.82, 2.24) is 0 Å². The van der Waals surface area contributed by atoms with E-state index >= 15 is 0 Å². The third kappa shape index (κ3) is 1.06. The fraction of sp³-hybridized carbons (Fsp3) is 1.00. The monoisotopic (exact) mass is 224 g/mol. The second-order valence-electron chi connectivity index (χ2n) is 6.79. The van der Waals surface area contributed by atoms with Crippen LogP contribution in [0.15, 0.2) is 0 Å². The molecular formula is C14H24O2. The van der Waals surface area contributed by atoms with Gasteiger partial charge >= 0.3 is 0 Å². The fourth-order valence-corrected chi connectivity index (χ4v) is 4.75. The average Bonchev–Trinajstić information content (AvgIpc) is 2.50. The minimum absolute atomic E-state index is 0.0132. The third-order valence-corrected chi connectivity index (χ3v) is 6.27. The van der Waals surface area contributed by atoms with Crippen LogP contribution in [0.1, 0.15) is 53.4 Å². The third-order valence-electron chi connectivity index (χ3n) is 6.27. The van der Waals surface area contributed by atoms with Crippen LogP contribution in [-0.2, 0) is 9.47 Å². The highest BCUT2D eigenvalue weighted by Gasteiger charge is 2.70. The molecule has 3 aliphatic rings. The Balaban J connectivity index is 1.99. The lowest BCUT2D eigenvalue weighted by molar-refractivity contribution is -0.284. The van der Waals surface area contributed by atoms with Gasteiger partial charge in [0.25, 0.3) is 0 Å². The van der Waals surface area contributed by atoms with Crippen LogP contribution in [-0.4, -0.2) is 18.5 Å². The van der Waals surface area contributed by atoms with E-state index in [1.165, 1.54) is 19.3 Å². The Morgan fingerprint density at radius 3 is 2.38 bits per heavy atom. The van der Waals surface area contributed by atoms with Gasteiger partial charge < -0.3 is 9.47 Å². The van der Waals surface area contributed by atoms with E-state index in [-0.39, 0.29) is 11.9 Å². The maximum Gasteiger partial charge on any atom is 0.155 e. The molecule has 0 aromatic carbocycles. The standard InChI is InChI=1S/C14H24O2/c1-10-15-8-7-14(16-10)9-11-5-6-13(14,4)12(11,2)3/h10-11H,5-9H2,1-4H3. The van der Waals surface area contributed by atoms with Crippen LogP contribution in [0.25, 0.3) is 0 Å². The first-order valence-electron chi connectivity index (χ1n) is 6.71. The van der Waals surface area contributed by atoms with E-state index in [1.807, 2.05) is 6.92 Å². The minimum Gasteiger partial charge on any atom is -0.353 e. The molecule has 4 atom stereocenters. The van der Waals surface area contributed by atoms with Gasteiger partial charge in [0, 0.05) is 11.8 Å².